The van der Waals surface area contributed by atoms with Gasteiger partial charge in [0.1, 0.15) is 0 Å². The first kappa shape index (κ1) is 50.7. The zero-order valence-electron chi connectivity index (χ0n) is 35.4. The van der Waals surface area contributed by atoms with Gasteiger partial charge in [-0.1, -0.05) is 46.6 Å². The molecule has 0 aliphatic rings. The van der Waals surface area contributed by atoms with Crippen molar-refractivity contribution in [2.24, 2.45) is 0 Å². The lowest BCUT2D eigenvalue weighted by atomic mass is 9.84. The minimum absolute atomic E-state index is 0.122. The maximum absolute atomic E-state index is 11.0. The van der Waals surface area contributed by atoms with Gasteiger partial charge in [0, 0.05) is 0 Å². The Hall–Kier alpha value is -1.32. The van der Waals surface area contributed by atoms with E-state index in [1.807, 2.05) is 26.8 Å². The molecule has 306 valence electrons. The standard InChI is InChI=1S/C45H84O7/c1-36(18-11-19-37(2)21-13-23-39(4)26-35-46)20-12-22-38(3)24-14-27-42(7,49)28-15-29-43(8,50)30-16-31-44(9,51)32-17-33-45(10,52)34-25-40(47)41(5,6)48/h18,21-22,26,40,46-52H,11-17,19-20,23-25,27-35H2,1-10H3/b36-18+,37-21+,38-22+,39-26+/t40-,42-,43+,44-,45+/m1/s1. The van der Waals surface area contributed by atoms with E-state index in [0.29, 0.717) is 64.2 Å². The summed E-state index contributed by atoms with van der Waals surface area (Å²) >= 11 is 0. The summed E-state index contributed by atoms with van der Waals surface area (Å²) in [5, 5.41) is 72.6. The molecule has 7 nitrogen and oxygen atoms in total. The molecule has 0 heterocycles. The van der Waals surface area contributed by atoms with Gasteiger partial charge in [0.05, 0.1) is 40.7 Å². The largest absolute Gasteiger partial charge is 0.392 e. The molecule has 7 N–H and O–H groups in total. The highest BCUT2D eigenvalue weighted by molar-refractivity contribution is 5.07. The molecule has 0 spiro atoms. The normalized spacial score (nSPS) is 19.2. The highest BCUT2D eigenvalue weighted by Crippen LogP contribution is 2.30. The SMILES string of the molecule is C/C(=C\CO)CC/C=C(\C)CC/C=C(\C)CC/C=C(\C)CCC[C@@](C)(O)CCC[C@](C)(O)CCC[C@@](C)(O)CCC[C@](C)(O)CC[C@@H](O)C(C)(C)O. The van der Waals surface area contributed by atoms with Gasteiger partial charge in [0.2, 0.25) is 0 Å². The van der Waals surface area contributed by atoms with Gasteiger partial charge >= 0.3 is 0 Å². The molecule has 0 unspecified atom stereocenters. The number of rotatable bonds is 30. The van der Waals surface area contributed by atoms with E-state index >= 15 is 0 Å². The fraction of sp³-hybridized carbons (Fsp3) is 0.822. The van der Waals surface area contributed by atoms with Crippen LogP contribution in [0.3, 0.4) is 0 Å². The summed E-state index contributed by atoms with van der Waals surface area (Å²) < 4.78 is 0. The molecule has 0 saturated carbocycles. The zero-order valence-corrected chi connectivity index (χ0v) is 35.4. The molecule has 5 atom stereocenters. The quantitative estimate of drug-likeness (QED) is 0.0364. The van der Waals surface area contributed by atoms with E-state index in [1.54, 1.807) is 20.8 Å². The number of allylic oxidation sites excluding steroid dienone is 7. The predicted molar refractivity (Wildman–Crippen MR) is 219 cm³/mol. The number of aliphatic hydroxyl groups is 7. The lowest BCUT2D eigenvalue weighted by Gasteiger charge is -2.31. The maximum atomic E-state index is 11.0. The van der Waals surface area contributed by atoms with Crippen LogP contribution in [0.5, 0.6) is 0 Å². The Bertz CT molecular complexity index is 1090. The predicted octanol–water partition coefficient (Wildman–Crippen LogP) is 9.70. The molecule has 0 aromatic rings. The third-order valence-corrected chi connectivity index (χ3v) is 10.9. The van der Waals surface area contributed by atoms with E-state index in [1.165, 1.54) is 22.3 Å². The maximum Gasteiger partial charge on any atom is 0.0849 e. The molecule has 0 aromatic carbocycles. The van der Waals surface area contributed by atoms with Crippen molar-refractivity contribution in [3.8, 4) is 0 Å². The lowest BCUT2D eigenvalue weighted by molar-refractivity contribution is -0.0649. The van der Waals surface area contributed by atoms with Crippen molar-refractivity contribution in [1.29, 1.82) is 0 Å². The summed E-state index contributed by atoms with van der Waals surface area (Å²) in [6.07, 6.45) is 23.1. The minimum Gasteiger partial charge on any atom is -0.392 e. The molecule has 0 saturated heterocycles. The van der Waals surface area contributed by atoms with Crippen LogP contribution in [0.4, 0.5) is 0 Å². The van der Waals surface area contributed by atoms with E-state index in [-0.39, 0.29) is 6.61 Å². The van der Waals surface area contributed by atoms with Crippen molar-refractivity contribution in [2.75, 3.05) is 6.61 Å². The molecule has 0 radical (unpaired) electrons. The minimum atomic E-state index is -1.20. The van der Waals surface area contributed by atoms with Crippen molar-refractivity contribution in [3.63, 3.8) is 0 Å². The second-order valence-corrected chi connectivity index (χ2v) is 18.1. The topological polar surface area (TPSA) is 142 Å². The van der Waals surface area contributed by atoms with Crippen LogP contribution in [0.2, 0.25) is 0 Å². The van der Waals surface area contributed by atoms with E-state index in [0.717, 1.165) is 64.2 Å². The Morgan fingerprint density at radius 2 is 0.731 bits per heavy atom. The fourth-order valence-electron chi connectivity index (χ4n) is 6.80. The zero-order chi connectivity index (χ0) is 40.1. The van der Waals surface area contributed by atoms with Crippen LogP contribution in [0.15, 0.2) is 46.6 Å². The van der Waals surface area contributed by atoms with E-state index in [9.17, 15) is 30.6 Å². The Morgan fingerprint density at radius 1 is 0.442 bits per heavy atom. The van der Waals surface area contributed by atoms with Crippen molar-refractivity contribution in [2.45, 2.75) is 232 Å². The van der Waals surface area contributed by atoms with E-state index in [2.05, 4.69) is 45.9 Å². The Kier molecular flexibility index (Phi) is 24.3. The molecule has 0 fully saturated rings. The van der Waals surface area contributed by atoms with Crippen LogP contribution in [-0.4, -0.2) is 76.5 Å². The summed E-state index contributed by atoms with van der Waals surface area (Å²) in [4.78, 5) is 0. The van der Waals surface area contributed by atoms with Crippen LogP contribution < -0.4 is 0 Å². The van der Waals surface area contributed by atoms with Crippen molar-refractivity contribution < 1.29 is 35.7 Å². The number of hydrogen-bond donors (Lipinski definition) is 7. The molecule has 0 bridgehead atoms. The van der Waals surface area contributed by atoms with Crippen LogP contribution in [0.25, 0.3) is 0 Å². The number of aliphatic hydroxyl groups excluding tert-OH is 2. The molecule has 0 aromatic heterocycles. The van der Waals surface area contributed by atoms with Crippen LogP contribution >= 0.6 is 0 Å². The Labute approximate surface area is 320 Å². The smallest absolute Gasteiger partial charge is 0.0849 e. The highest BCUT2D eigenvalue weighted by atomic mass is 16.3. The molecule has 7 heteroatoms. The first-order chi connectivity index (χ1) is 23.9. The van der Waals surface area contributed by atoms with E-state index in [4.69, 9.17) is 5.11 Å². The van der Waals surface area contributed by atoms with Gasteiger partial charge in [0.15, 0.2) is 0 Å². The highest BCUT2D eigenvalue weighted by Gasteiger charge is 2.30. The number of hydrogen-bond acceptors (Lipinski definition) is 7. The van der Waals surface area contributed by atoms with Gasteiger partial charge in [-0.05, 0) is 198 Å². The second-order valence-electron chi connectivity index (χ2n) is 18.1. The molecule has 52 heavy (non-hydrogen) atoms. The van der Waals surface area contributed by atoms with E-state index < -0.39 is 34.1 Å². The Balaban J connectivity index is 4.33. The Morgan fingerprint density at radius 3 is 1.06 bits per heavy atom. The molecule has 0 aliphatic carbocycles. The monoisotopic (exact) mass is 737 g/mol. The molecule has 0 amide bonds. The summed E-state index contributed by atoms with van der Waals surface area (Å²) in [5.41, 5.74) is 0.804. The molecular formula is C45H84O7. The second kappa shape index (κ2) is 25.0. The molecule has 0 rings (SSSR count). The van der Waals surface area contributed by atoms with Crippen LogP contribution in [-0.2, 0) is 0 Å². The van der Waals surface area contributed by atoms with Gasteiger partial charge in [-0.2, -0.15) is 0 Å². The van der Waals surface area contributed by atoms with Crippen LogP contribution in [0, 0.1) is 0 Å². The van der Waals surface area contributed by atoms with Gasteiger partial charge in [-0.25, -0.2) is 0 Å². The van der Waals surface area contributed by atoms with Gasteiger partial charge in [-0.15, -0.1) is 0 Å². The summed E-state index contributed by atoms with van der Waals surface area (Å²) in [6, 6.07) is 0. The first-order valence-electron chi connectivity index (χ1n) is 20.4. The molecular weight excluding hydrogens is 652 g/mol. The van der Waals surface area contributed by atoms with Gasteiger partial charge in [0.25, 0.3) is 0 Å². The summed E-state index contributed by atoms with van der Waals surface area (Å²) in [7, 11) is 0. The average Bonchev–Trinajstić information content (AvgIpc) is 2.98. The first-order valence-corrected chi connectivity index (χ1v) is 20.4. The van der Waals surface area contributed by atoms with Crippen molar-refractivity contribution >= 4 is 0 Å². The summed E-state index contributed by atoms with van der Waals surface area (Å²) in [6.45, 7) is 19.2. The van der Waals surface area contributed by atoms with Gasteiger partial charge < -0.3 is 35.7 Å². The molecule has 0 aliphatic heterocycles. The van der Waals surface area contributed by atoms with Gasteiger partial charge in [-0.3, -0.25) is 0 Å². The summed E-state index contributed by atoms with van der Waals surface area (Å²) in [5.74, 6) is 0. The fourth-order valence-corrected chi connectivity index (χ4v) is 6.80. The third-order valence-electron chi connectivity index (χ3n) is 10.9. The van der Waals surface area contributed by atoms with Crippen LogP contribution in [0.1, 0.15) is 198 Å². The van der Waals surface area contributed by atoms with Crippen molar-refractivity contribution in [3.05, 3.63) is 46.6 Å². The van der Waals surface area contributed by atoms with Crippen molar-refractivity contribution in [1.82, 2.24) is 0 Å². The average molecular weight is 737 g/mol. The third kappa shape index (κ3) is 28.2. The lowest BCUT2D eigenvalue weighted by Crippen LogP contribution is -2.38.